The molecule has 1 amide bonds. The van der Waals surface area contributed by atoms with Crippen molar-refractivity contribution in [1.82, 2.24) is 4.98 Å². The molecule has 1 aromatic heterocycles. The van der Waals surface area contributed by atoms with Crippen LogP contribution in [-0.2, 0) is 4.79 Å². The Hall–Kier alpha value is -1.42. The highest BCUT2D eigenvalue weighted by Crippen LogP contribution is 2.07. The molecule has 0 radical (unpaired) electrons. The van der Waals surface area contributed by atoms with Crippen molar-refractivity contribution < 1.29 is 4.79 Å². The van der Waals surface area contributed by atoms with Gasteiger partial charge in [0.25, 0.3) is 0 Å². The SMILES string of the molecule is Cc1ccnc(NC(=O)CCCCCCN)c1. The van der Waals surface area contributed by atoms with Gasteiger partial charge < -0.3 is 11.1 Å². The Morgan fingerprint density at radius 3 is 2.82 bits per heavy atom. The lowest BCUT2D eigenvalue weighted by Gasteiger charge is -2.04. The number of nitrogens with one attached hydrogen (secondary N) is 1. The predicted molar refractivity (Wildman–Crippen MR) is 69.7 cm³/mol. The highest BCUT2D eigenvalue weighted by molar-refractivity contribution is 5.89. The maximum Gasteiger partial charge on any atom is 0.225 e. The molecule has 0 spiro atoms. The average Bonchev–Trinajstić information content (AvgIpc) is 2.29. The van der Waals surface area contributed by atoms with Crippen LogP contribution in [0.15, 0.2) is 18.3 Å². The van der Waals surface area contributed by atoms with Gasteiger partial charge in [0.05, 0.1) is 0 Å². The molecule has 0 saturated heterocycles. The number of carbonyl (C=O) groups is 1. The van der Waals surface area contributed by atoms with Crippen LogP contribution in [-0.4, -0.2) is 17.4 Å². The summed E-state index contributed by atoms with van der Waals surface area (Å²) in [5, 5.41) is 2.80. The van der Waals surface area contributed by atoms with Crippen molar-refractivity contribution >= 4 is 11.7 Å². The van der Waals surface area contributed by atoms with E-state index in [9.17, 15) is 4.79 Å². The van der Waals surface area contributed by atoms with Crippen LogP contribution < -0.4 is 11.1 Å². The molecular formula is C13H21N3O. The molecule has 4 heteroatoms. The smallest absolute Gasteiger partial charge is 0.225 e. The quantitative estimate of drug-likeness (QED) is 0.712. The van der Waals surface area contributed by atoms with Gasteiger partial charge in [-0.2, -0.15) is 0 Å². The third-order valence-electron chi connectivity index (χ3n) is 2.54. The molecule has 0 aliphatic carbocycles. The van der Waals surface area contributed by atoms with Crippen molar-refractivity contribution in [3.8, 4) is 0 Å². The second-order valence-corrected chi connectivity index (χ2v) is 4.22. The number of hydrogen-bond donors (Lipinski definition) is 2. The lowest BCUT2D eigenvalue weighted by molar-refractivity contribution is -0.116. The molecule has 0 aliphatic rings. The van der Waals surface area contributed by atoms with Gasteiger partial charge in [0.15, 0.2) is 0 Å². The number of rotatable bonds is 7. The monoisotopic (exact) mass is 235 g/mol. The van der Waals surface area contributed by atoms with Crippen LogP contribution in [0, 0.1) is 6.92 Å². The van der Waals surface area contributed by atoms with Crippen LogP contribution in [0.25, 0.3) is 0 Å². The van der Waals surface area contributed by atoms with Gasteiger partial charge >= 0.3 is 0 Å². The molecule has 1 aromatic rings. The Labute approximate surface area is 103 Å². The number of hydrogen-bond acceptors (Lipinski definition) is 3. The maximum absolute atomic E-state index is 11.6. The Bertz CT molecular complexity index is 352. The average molecular weight is 235 g/mol. The van der Waals surface area contributed by atoms with Crippen molar-refractivity contribution in [2.24, 2.45) is 5.73 Å². The minimum Gasteiger partial charge on any atom is -0.330 e. The minimum atomic E-state index is 0.0378. The fourth-order valence-corrected chi connectivity index (χ4v) is 1.59. The molecule has 94 valence electrons. The number of anilines is 1. The summed E-state index contributed by atoms with van der Waals surface area (Å²) in [5.41, 5.74) is 6.49. The first-order valence-electron chi connectivity index (χ1n) is 6.15. The van der Waals surface area contributed by atoms with E-state index in [1.54, 1.807) is 6.20 Å². The third kappa shape index (κ3) is 6.02. The molecular weight excluding hydrogens is 214 g/mol. The van der Waals surface area contributed by atoms with Gasteiger partial charge in [-0.15, -0.1) is 0 Å². The molecule has 0 atom stereocenters. The minimum absolute atomic E-state index is 0.0378. The molecule has 3 N–H and O–H groups in total. The number of aryl methyl sites for hydroxylation is 1. The van der Waals surface area contributed by atoms with E-state index >= 15 is 0 Å². The molecule has 1 heterocycles. The molecule has 17 heavy (non-hydrogen) atoms. The second kappa shape index (κ2) is 7.79. The number of nitrogens with zero attached hydrogens (tertiary/aromatic N) is 1. The van der Waals surface area contributed by atoms with E-state index in [1.165, 1.54) is 0 Å². The number of carbonyl (C=O) groups excluding carboxylic acids is 1. The Balaban J connectivity index is 2.21. The number of unbranched alkanes of at least 4 members (excludes halogenated alkanes) is 3. The topological polar surface area (TPSA) is 68.0 Å². The van der Waals surface area contributed by atoms with Crippen LogP contribution in [0.1, 0.15) is 37.7 Å². The van der Waals surface area contributed by atoms with Crippen molar-refractivity contribution in [3.63, 3.8) is 0 Å². The molecule has 0 bridgehead atoms. The molecule has 4 nitrogen and oxygen atoms in total. The Morgan fingerprint density at radius 1 is 1.35 bits per heavy atom. The molecule has 0 aromatic carbocycles. The van der Waals surface area contributed by atoms with E-state index in [0.717, 1.165) is 37.8 Å². The zero-order valence-electron chi connectivity index (χ0n) is 10.4. The van der Waals surface area contributed by atoms with Gasteiger partial charge in [-0.25, -0.2) is 4.98 Å². The van der Waals surface area contributed by atoms with Crippen LogP contribution in [0.2, 0.25) is 0 Å². The third-order valence-corrected chi connectivity index (χ3v) is 2.54. The van der Waals surface area contributed by atoms with Gasteiger partial charge in [-0.05, 0) is 44.0 Å². The number of nitrogens with two attached hydrogens (primary N) is 1. The van der Waals surface area contributed by atoms with Crippen LogP contribution in [0.3, 0.4) is 0 Å². The zero-order valence-corrected chi connectivity index (χ0v) is 10.4. The number of aromatic nitrogens is 1. The summed E-state index contributed by atoms with van der Waals surface area (Å²) >= 11 is 0. The van der Waals surface area contributed by atoms with Crippen LogP contribution in [0.5, 0.6) is 0 Å². The number of amides is 1. The maximum atomic E-state index is 11.6. The van der Waals surface area contributed by atoms with Gasteiger partial charge in [-0.3, -0.25) is 4.79 Å². The standard InChI is InChI=1S/C13H21N3O/c1-11-7-9-15-12(10-11)16-13(17)6-4-2-3-5-8-14/h7,9-10H,2-6,8,14H2,1H3,(H,15,16,17). The fourth-order valence-electron chi connectivity index (χ4n) is 1.59. The largest absolute Gasteiger partial charge is 0.330 e. The van der Waals surface area contributed by atoms with E-state index < -0.39 is 0 Å². The Kier molecular flexibility index (Phi) is 6.25. The molecule has 0 aliphatic heterocycles. The Morgan fingerprint density at radius 2 is 2.12 bits per heavy atom. The van der Waals surface area contributed by atoms with Crippen molar-refractivity contribution in [2.45, 2.75) is 39.0 Å². The van der Waals surface area contributed by atoms with Crippen LogP contribution >= 0.6 is 0 Å². The van der Waals surface area contributed by atoms with Crippen LogP contribution in [0.4, 0.5) is 5.82 Å². The molecule has 0 unspecified atom stereocenters. The molecule has 1 rings (SSSR count). The van der Waals surface area contributed by atoms with E-state index in [1.807, 2.05) is 19.1 Å². The van der Waals surface area contributed by atoms with E-state index in [2.05, 4.69) is 10.3 Å². The first kappa shape index (κ1) is 13.6. The highest BCUT2D eigenvalue weighted by Gasteiger charge is 2.02. The highest BCUT2D eigenvalue weighted by atomic mass is 16.1. The van der Waals surface area contributed by atoms with E-state index in [4.69, 9.17) is 5.73 Å². The number of pyridine rings is 1. The van der Waals surface area contributed by atoms with Crippen molar-refractivity contribution in [2.75, 3.05) is 11.9 Å². The van der Waals surface area contributed by atoms with Crippen molar-refractivity contribution in [3.05, 3.63) is 23.9 Å². The van der Waals surface area contributed by atoms with E-state index in [0.29, 0.717) is 12.2 Å². The van der Waals surface area contributed by atoms with Gasteiger partial charge in [0.2, 0.25) is 5.91 Å². The first-order chi connectivity index (χ1) is 8.22. The summed E-state index contributed by atoms with van der Waals surface area (Å²) in [7, 11) is 0. The lowest BCUT2D eigenvalue weighted by atomic mass is 10.1. The molecule has 0 saturated carbocycles. The van der Waals surface area contributed by atoms with Crippen molar-refractivity contribution in [1.29, 1.82) is 0 Å². The summed E-state index contributed by atoms with van der Waals surface area (Å²) in [6, 6.07) is 3.77. The van der Waals surface area contributed by atoms with E-state index in [-0.39, 0.29) is 5.91 Å². The van der Waals surface area contributed by atoms with Gasteiger partial charge in [0.1, 0.15) is 5.82 Å². The summed E-state index contributed by atoms with van der Waals surface area (Å²) in [5.74, 6) is 0.674. The van der Waals surface area contributed by atoms with Gasteiger partial charge in [0, 0.05) is 12.6 Å². The zero-order chi connectivity index (χ0) is 12.5. The normalized spacial score (nSPS) is 10.2. The summed E-state index contributed by atoms with van der Waals surface area (Å²) in [6.45, 7) is 2.71. The first-order valence-corrected chi connectivity index (χ1v) is 6.15. The fraction of sp³-hybridized carbons (Fsp3) is 0.538. The van der Waals surface area contributed by atoms with Gasteiger partial charge in [-0.1, -0.05) is 12.8 Å². The summed E-state index contributed by atoms with van der Waals surface area (Å²) in [4.78, 5) is 15.7. The summed E-state index contributed by atoms with van der Waals surface area (Å²) in [6.07, 6.45) is 6.38. The lowest BCUT2D eigenvalue weighted by Crippen LogP contribution is -2.12. The summed E-state index contributed by atoms with van der Waals surface area (Å²) < 4.78 is 0. The molecule has 0 fully saturated rings. The predicted octanol–water partition coefficient (Wildman–Crippen LogP) is 2.24. The second-order valence-electron chi connectivity index (χ2n) is 4.22.